The Labute approximate surface area is 95.2 Å². The van der Waals surface area contributed by atoms with Crippen molar-refractivity contribution >= 4 is 21.6 Å². The number of hydrogen-bond donors (Lipinski definition) is 0. The van der Waals surface area contributed by atoms with E-state index in [1.165, 1.54) is 15.7 Å². The highest BCUT2D eigenvalue weighted by Crippen LogP contribution is 2.23. The first kappa shape index (κ1) is 11.6. The second-order valence-electron chi connectivity index (χ2n) is 3.34. The van der Waals surface area contributed by atoms with Crippen LogP contribution in [0.1, 0.15) is 26.3 Å². The molecule has 0 N–H and O–H groups in total. The molecule has 0 aliphatic rings. The summed E-state index contributed by atoms with van der Waals surface area (Å²) in [7, 11) is 0. The van der Waals surface area contributed by atoms with Crippen LogP contribution >= 0.6 is 15.9 Å². The second kappa shape index (κ2) is 5.40. The van der Waals surface area contributed by atoms with Gasteiger partial charge in [0.25, 0.3) is 0 Å². The van der Waals surface area contributed by atoms with Crippen LogP contribution in [-0.2, 0) is 6.42 Å². The topological polar surface area (TPSA) is 3.24 Å². The van der Waals surface area contributed by atoms with Crippen LogP contribution in [0.25, 0.3) is 0 Å². The molecule has 0 amide bonds. The van der Waals surface area contributed by atoms with E-state index in [1.54, 1.807) is 0 Å². The van der Waals surface area contributed by atoms with E-state index in [-0.39, 0.29) is 0 Å². The standard InChI is InChI=1S/C12H18BrN/c1-4-10-7-11(13)9-12(8-10)14(5-2)6-3/h7-9H,4-6H2,1-3H3. The fourth-order valence-corrected chi connectivity index (χ4v) is 2.14. The number of anilines is 1. The molecule has 0 spiro atoms. The maximum atomic E-state index is 3.55. The Balaban J connectivity index is 3.01. The monoisotopic (exact) mass is 255 g/mol. The quantitative estimate of drug-likeness (QED) is 0.790. The Kier molecular flexibility index (Phi) is 4.46. The van der Waals surface area contributed by atoms with Gasteiger partial charge in [-0.25, -0.2) is 0 Å². The van der Waals surface area contributed by atoms with E-state index in [0.29, 0.717) is 0 Å². The molecule has 0 unspecified atom stereocenters. The van der Waals surface area contributed by atoms with E-state index >= 15 is 0 Å². The third kappa shape index (κ3) is 2.74. The maximum absolute atomic E-state index is 3.55. The molecule has 14 heavy (non-hydrogen) atoms. The van der Waals surface area contributed by atoms with Gasteiger partial charge < -0.3 is 4.90 Å². The highest BCUT2D eigenvalue weighted by atomic mass is 79.9. The Morgan fingerprint density at radius 3 is 2.21 bits per heavy atom. The van der Waals surface area contributed by atoms with E-state index in [9.17, 15) is 0 Å². The number of nitrogens with zero attached hydrogens (tertiary/aromatic N) is 1. The zero-order valence-corrected chi connectivity index (χ0v) is 10.8. The van der Waals surface area contributed by atoms with Crippen LogP contribution in [0, 0.1) is 0 Å². The molecule has 0 aliphatic carbocycles. The van der Waals surface area contributed by atoms with Crippen LogP contribution in [-0.4, -0.2) is 13.1 Å². The highest BCUT2D eigenvalue weighted by Gasteiger charge is 2.03. The van der Waals surface area contributed by atoms with Crippen molar-refractivity contribution in [2.45, 2.75) is 27.2 Å². The molecule has 2 heteroatoms. The SMILES string of the molecule is CCc1cc(Br)cc(N(CC)CC)c1. The van der Waals surface area contributed by atoms with Crippen LogP contribution in [0.5, 0.6) is 0 Å². The summed E-state index contributed by atoms with van der Waals surface area (Å²) in [6, 6.07) is 6.65. The summed E-state index contributed by atoms with van der Waals surface area (Å²) in [6.45, 7) is 8.70. The zero-order chi connectivity index (χ0) is 10.6. The lowest BCUT2D eigenvalue weighted by Crippen LogP contribution is -2.21. The molecule has 0 atom stereocenters. The second-order valence-corrected chi connectivity index (χ2v) is 4.26. The van der Waals surface area contributed by atoms with Gasteiger partial charge in [0.2, 0.25) is 0 Å². The minimum Gasteiger partial charge on any atom is -0.372 e. The molecule has 1 rings (SSSR count). The van der Waals surface area contributed by atoms with Crippen LogP contribution < -0.4 is 4.90 Å². The first-order valence-electron chi connectivity index (χ1n) is 5.25. The lowest BCUT2D eigenvalue weighted by molar-refractivity contribution is 0.864. The third-order valence-corrected chi connectivity index (χ3v) is 2.94. The summed E-state index contributed by atoms with van der Waals surface area (Å²) in [6.07, 6.45) is 1.09. The Morgan fingerprint density at radius 2 is 1.71 bits per heavy atom. The van der Waals surface area contributed by atoms with E-state index < -0.39 is 0 Å². The fourth-order valence-electron chi connectivity index (χ4n) is 1.61. The average Bonchev–Trinajstić information content (AvgIpc) is 2.19. The summed E-state index contributed by atoms with van der Waals surface area (Å²) in [5.41, 5.74) is 2.71. The van der Waals surface area contributed by atoms with Gasteiger partial charge in [0, 0.05) is 23.2 Å². The average molecular weight is 256 g/mol. The van der Waals surface area contributed by atoms with E-state index in [2.05, 4.69) is 59.8 Å². The van der Waals surface area contributed by atoms with Crippen molar-refractivity contribution in [3.63, 3.8) is 0 Å². The van der Waals surface area contributed by atoms with Crippen LogP contribution in [0.15, 0.2) is 22.7 Å². The number of hydrogen-bond acceptors (Lipinski definition) is 1. The van der Waals surface area contributed by atoms with E-state index in [0.717, 1.165) is 19.5 Å². The van der Waals surface area contributed by atoms with Gasteiger partial charge in [0.1, 0.15) is 0 Å². The lowest BCUT2D eigenvalue weighted by atomic mass is 10.1. The third-order valence-electron chi connectivity index (χ3n) is 2.48. The summed E-state index contributed by atoms with van der Waals surface area (Å²) in [5, 5.41) is 0. The summed E-state index contributed by atoms with van der Waals surface area (Å²) in [5.74, 6) is 0. The first-order chi connectivity index (χ1) is 6.71. The van der Waals surface area contributed by atoms with Crippen molar-refractivity contribution in [1.82, 2.24) is 0 Å². The van der Waals surface area contributed by atoms with Crippen molar-refractivity contribution < 1.29 is 0 Å². The van der Waals surface area contributed by atoms with E-state index in [1.807, 2.05) is 0 Å². The molecule has 1 aromatic rings. The van der Waals surface area contributed by atoms with Crippen molar-refractivity contribution in [3.8, 4) is 0 Å². The molecule has 1 aromatic carbocycles. The molecule has 78 valence electrons. The maximum Gasteiger partial charge on any atom is 0.0380 e. The van der Waals surface area contributed by atoms with Gasteiger partial charge >= 0.3 is 0 Å². The zero-order valence-electron chi connectivity index (χ0n) is 9.18. The van der Waals surface area contributed by atoms with Crippen LogP contribution in [0.3, 0.4) is 0 Å². The summed E-state index contributed by atoms with van der Waals surface area (Å²) >= 11 is 3.55. The van der Waals surface area contributed by atoms with Gasteiger partial charge in [-0.1, -0.05) is 22.9 Å². The highest BCUT2D eigenvalue weighted by molar-refractivity contribution is 9.10. The number of halogens is 1. The normalized spacial score (nSPS) is 10.3. The fraction of sp³-hybridized carbons (Fsp3) is 0.500. The molecule has 0 saturated carbocycles. The van der Waals surface area contributed by atoms with Crippen LogP contribution in [0.2, 0.25) is 0 Å². The Bertz CT molecular complexity index is 292. The van der Waals surface area contributed by atoms with Gasteiger partial charge in [-0.2, -0.15) is 0 Å². The molecule has 0 aromatic heterocycles. The van der Waals surface area contributed by atoms with Gasteiger partial charge in [-0.15, -0.1) is 0 Å². The minimum atomic E-state index is 1.07. The van der Waals surface area contributed by atoms with Gasteiger partial charge in [-0.3, -0.25) is 0 Å². The van der Waals surface area contributed by atoms with Crippen molar-refractivity contribution in [2.75, 3.05) is 18.0 Å². The molecule has 1 nitrogen and oxygen atoms in total. The van der Waals surface area contributed by atoms with Crippen LogP contribution in [0.4, 0.5) is 5.69 Å². The summed E-state index contributed by atoms with van der Waals surface area (Å²) < 4.78 is 1.18. The number of rotatable bonds is 4. The molecule has 0 radical (unpaired) electrons. The molecule has 0 bridgehead atoms. The lowest BCUT2D eigenvalue weighted by Gasteiger charge is -2.22. The molecule has 0 aliphatic heterocycles. The molecule has 0 fully saturated rings. The largest absolute Gasteiger partial charge is 0.372 e. The molecule has 0 saturated heterocycles. The van der Waals surface area contributed by atoms with Crippen molar-refractivity contribution in [2.24, 2.45) is 0 Å². The first-order valence-corrected chi connectivity index (χ1v) is 6.04. The van der Waals surface area contributed by atoms with Gasteiger partial charge in [-0.05, 0) is 44.0 Å². The van der Waals surface area contributed by atoms with Crippen molar-refractivity contribution in [3.05, 3.63) is 28.2 Å². The molecular weight excluding hydrogens is 238 g/mol. The van der Waals surface area contributed by atoms with Gasteiger partial charge in [0.15, 0.2) is 0 Å². The molecular formula is C12H18BrN. The predicted octanol–water partition coefficient (Wildman–Crippen LogP) is 3.86. The van der Waals surface area contributed by atoms with Gasteiger partial charge in [0.05, 0.1) is 0 Å². The smallest absolute Gasteiger partial charge is 0.0380 e. The predicted molar refractivity (Wildman–Crippen MR) is 67.1 cm³/mol. The minimum absolute atomic E-state index is 1.07. The molecule has 0 heterocycles. The number of aryl methyl sites for hydroxylation is 1. The van der Waals surface area contributed by atoms with E-state index in [4.69, 9.17) is 0 Å². The van der Waals surface area contributed by atoms with Crippen molar-refractivity contribution in [1.29, 1.82) is 0 Å². The Hall–Kier alpha value is -0.500. The summed E-state index contributed by atoms with van der Waals surface area (Å²) in [4.78, 5) is 2.37. The number of benzene rings is 1. The Morgan fingerprint density at radius 1 is 1.07 bits per heavy atom.